The third kappa shape index (κ3) is 3.40. The number of urea groups is 1. The molecule has 6 aliphatic rings. The number of benzene rings is 1. The van der Waals surface area contributed by atoms with E-state index in [4.69, 9.17) is 16.2 Å². The molecule has 0 bridgehead atoms. The fraction of sp³-hybridized carbons (Fsp3) is 0.560. The molecule has 15 nitrogen and oxygen atoms in total. The van der Waals surface area contributed by atoms with Crippen molar-refractivity contribution in [1.82, 2.24) is 25.3 Å². The molecule has 3 unspecified atom stereocenters. The molecule has 212 valence electrons. The molecule has 40 heavy (non-hydrogen) atoms. The first-order valence-corrected chi connectivity index (χ1v) is 13.5. The van der Waals surface area contributed by atoms with Crippen molar-refractivity contribution in [3.05, 3.63) is 29.3 Å². The largest absolute Gasteiger partial charge is 0.492 e. The van der Waals surface area contributed by atoms with Crippen LogP contribution in [0.2, 0.25) is 0 Å². The van der Waals surface area contributed by atoms with Crippen LogP contribution in [0.25, 0.3) is 0 Å². The van der Waals surface area contributed by atoms with Crippen molar-refractivity contribution in [3.8, 4) is 5.75 Å². The van der Waals surface area contributed by atoms with Crippen LogP contribution < -0.4 is 26.8 Å². The van der Waals surface area contributed by atoms with E-state index in [9.17, 15) is 24.6 Å². The molecule has 4 amide bonds. The number of nitrogens with zero attached hydrogens (tertiary/aromatic N) is 5. The topological polar surface area (TPSA) is 211 Å². The van der Waals surface area contributed by atoms with Gasteiger partial charge in [0.05, 0.1) is 24.8 Å². The number of fused-ring (bicyclic) bond motifs is 1. The van der Waals surface area contributed by atoms with Gasteiger partial charge < -0.3 is 46.9 Å². The number of amides is 4. The lowest BCUT2D eigenvalue weighted by Crippen LogP contribution is -2.78. The van der Waals surface area contributed by atoms with Crippen LogP contribution in [0, 0.1) is 0 Å². The first kappa shape index (κ1) is 24.9. The summed E-state index contributed by atoms with van der Waals surface area (Å²) < 4.78 is 5.76. The number of hydrogen-bond acceptors (Lipinski definition) is 12. The van der Waals surface area contributed by atoms with E-state index in [1.165, 1.54) is 4.90 Å². The van der Waals surface area contributed by atoms with E-state index in [-0.39, 0.29) is 49.1 Å². The Morgan fingerprint density at radius 3 is 2.80 bits per heavy atom. The van der Waals surface area contributed by atoms with E-state index in [1.54, 1.807) is 17.0 Å². The number of aliphatic imine (C=N–C) groups is 2. The first-order valence-electron chi connectivity index (χ1n) is 13.5. The number of carbonyl (C=O) groups is 3. The molecule has 7 rings (SSSR count). The van der Waals surface area contributed by atoms with Crippen molar-refractivity contribution in [1.29, 1.82) is 0 Å². The predicted molar refractivity (Wildman–Crippen MR) is 139 cm³/mol. The molecular weight excluding hydrogens is 522 g/mol. The Balaban J connectivity index is 1.17. The van der Waals surface area contributed by atoms with Crippen molar-refractivity contribution in [2.45, 2.75) is 61.3 Å². The summed E-state index contributed by atoms with van der Waals surface area (Å²) in [5, 5.41) is 29.0. The maximum absolute atomic E-state index is 13.4. The highest BCUT2D eigenvalue weighted by Crippen LogP contribution is 2.45. The van der Waals surface area contributed by atoms with Crippen LogP contribution in [-0.4, -0.2) is 117 Å². The number of ether oxygens (including phenoxy) is 1. The van der Waals surface area contributed by atoms with Crippen molar-refractivity contribution >= 4 is 29.8 Å². The van der Waals surface area contributed by atoms with Gasteiger partial charge in [0, 0.05) is 12.6 Å². The number of nitrogens with one attached hydrogen (secondary N) is 2. The number of para-hydroxylation sites is 1. The van der Waals surface area contributed by atoms with E-state index in [1.807, 2.05) is 6.07 Å². The fourth-order valence-electron chi connectivity index (χ4n) is 6.64. The van der Waals surface area contributed by atoms with Crippen molar-refractivity contribution in [2.75, 3.05) is 26.2 Å². The maximum Gasteiger partial charge on any atom is 0.327 e. The van der Waals surface area contributed by atoms with Gasteiger partial charge in [0.15, 0.2) is 17.6 Å². The monoisotopic (exact) mass is 553 g/mol. The zero-order chi connectivity index (χ0) is 28.0. The molecule has 0 aromatic heterocycles. The Morgan fingerprint density at radius 2 is 2.02 bits per heavy atom. The van der Waals surface area contributed by atoms with Gasteiger partial charge in [-0.05, 0) is 37.3 Å². The molecule has 5 heterocycles. The Morgan fingerprint density at radius 1 is 1.23 bits per heavy atom. The number of rotatable bonds is 5. The molecule has 5 aliphatic heterocycles. The standard InChI is InChI=1S/C25H31N9O6/c26-21-30-19-15(9-33-17(35)11-32(23(33)37)13-6-7-13)28-22(27)34-10-16(25(38,39)24(19,34)31-21)29-20(36)14-5-1-3-12-4-2-8-40-18(12)14/h1,3,5,13,15-16,19,38-39H,2,4,6-11H2,(H2,27,28)(H,29,36)(H3,26,30,31)/t15-,16?,19?,24?/m0/s1. The molecule has 2 saturated heterocycles. The second-order valence-corrected chi connectivity index (χ2v) is 11.2. The van der Waals surface area contributed by atoms with Crippen LogP contribution >= 0.6 is 0 Å². The molecule has 1 aliphatic carbocycles. The van der Waals surface area contributed by atoms with E-state index in [2.05, 4.69) is 20.6 Å². The molecule has 3 fully saturated rings. The summed E-state index contributed by atoms with van der Waals surface area (Å²) in [6, 6.07) is 1.72. The van der Waals surface area contributed by atoms with E-state index in [0.717, 1.165) is 36.1 Å². The molecule has 1 spiro atoms. The van der Waals surface area contributed by atoms with Gasteiger partial charge in [0.25, 0.3) is 5.91 Å². The normalized spacial score (nSPS) is 32.0. The lowest BCUT2D eigenvalue weighted by molar-refractivity contribution is -0.230. The maximum atomic E-state index is 13.4. The molecule has 4 atom stereocenters. The number of hydrogen-bond donors (Lipinski definition) is 6. The highest BCUT2D eigenvalue weighted by Gasteiger charge is 2.73. The highest BCUT2D eigenvalue weighted by molar-refractivity contribution is 6.02. The number of guanidine groups is 2. The summed E-state index contributed by atoms with van der Waals surface area (Å²) >= 11 is 0. The van der Waals surface area contributed by atoms with E-state index >= 15 is 0 Å². The van der Waals surface area contributed by atoms with Crippen LogP contribution in [0.15, 0.2) is 28.2 Å². The van der Waals surface area contributed by atoms with Crippen LogP contribution in [-0.2, 0) is 11.2 Å². The fourth-order valence-corrected chi connectivity index (χ4v) is 6.64. The van der Waals surface area contributed by atoms with E-state index < -0.39 is 41.5 Å². The Bertz CT molecular complexity index is 1380. The number of aryl methyl sites for hydroxylation is 1. The zero-order valence-corrected chi connectivity index (χ0v) is 21.6. The minimum atomic E-state index is -2.65. The van der Waals surface area contributed by atoms with Gasteiger partial charge in [-0.1, -0.05) is 12.1 Å². The minimum absolute atomic E-state index is 0.00798. The minimum Gasteiger partial charge on any atom is -0.492 e. The molecule has 1 saturated carbocycles. The van der Waals surface area contributed by atoms with Crippen LogP contribution in [0.4, 0.5) is 4.79 Å². The first-order chi connectivity index (χ1) is 19.1. The van der Waals surface area contributed by atoms with Gasteiger partial charge >= 0.3 is 6.03 Å². The summed E-state index contributed by atoms with van der Waals surface area (Å²) in [7, 11) is 0. The van der Waals surface area contributed by atoms with Crippen molar-refractivity contribution < 1.29 is 29.3 Å². The molecule has 1 aromatic rings. The van der Waals surface area contributed by atoms with Gasteiger partial charge in [0.1, 0.15) is 24.4 Å². The van der Waals surface area contributed by atoms with Crippen LogP contribution in [0.3, 0.4) is 0 Å². The SMILES string of the molecule is NC1=NC2[C@H](CN3C(=O)CN(C4CC4)C3=O)N=C(N)N3CC(NC(=O)c4cccc5c4OCCC5)C(O)(O)C23N1. The Hall–Kier alpha value is -4.11. The second-order valence-electron chi connectivity index (χ2n) is 11.2. The Kier molecular flexibility index (Phi) is 5.26. The summed E-state index contributed by atoms with van der Waals surface area (Å²) in [4.78, 5) is 52.1. The second kappa shape index (κ2) is 8.44. The van der Waals surface area contributed by atoms with Gasteiger partial charge in [-0.3, -0.25) is 14.5 Å². The summed E-state index contributed by atoms with van der Waals surface area (Å²) in [6.45, 7) is 0.186. The van der Waals surface area contributed by atoms with E-state index in [0.29, 0.717) is 12.4 Å². The quantitative estimate of drug-likeness (QED) is 0.163. The summed E-state index contributed by atoms with van der Waals surface area (Å²) in [5.74, 6) is -3.24. The third-order valence-corrected chi connectivity index (χ3v) is 8.73. The van der Waals surface area contributed by atoms with Crippen molar-refractivity contribution in [3.63, 3.8) is 0 Å². The van der Waals surface area contributed by atoms with Gasteiger partial charge in [-0.15, -0.1) is 0 Å². The predicted octanol–water partition coefficient (Wildman–Crippen LogP) is -2.79. The highest BCUT2D eigenvalue weighted by atomic mass is 16.5. The van der Waals surface area contributed by atoms with Crippen LogP contribution in [0.5, 0.6) is 5.75 Å². The molecule has 1 aromatic carbocycles. The summed E-state index contributed by atoms with van der Waals surface area (Å²) in [5.41, 5.74) is 11.8. The number of aliphatic hydroxyl groups is 2. The Labute approximate surface area is 228 Å². The smallest absolute Gasteiger partial charge is 0.327 e. The number of nitrogens with two attached hydrogens (primary N) is 2. The lowest BCUT2D eigenvalue weighted by atomic mass is 9.84. The van der Waals surface area contributed by atoms with Gasteiger partial charge in [-0.2, -0.15) is 0 Å². The average Bonchev–Trinajstić information content (AvgIpc) is 3.59. The average molecular weight is 554 g/mol. The summed E-state index contributed by atoms with van der Waals surface area (Å²) in [6.07, 6.45) is 3.33. The van der Waals surface area contributed by atoms with Gasteiger partial charge in [0.2, 0.25) is 11.7 Å². The lowest BCUT2D eigenvalue weighted by Gasteiger charge is -2.49. The van der Waals surface area contributed by atoms with Crippen molar-refractivity contribution in [2.24, 2.45) is 21.5 Å². The van der Waals surface area contributed by atoms with Crippen LogP contribution in [0.1, 0.15) is 35.2 Å². The number of imide groups is 1. The third-order valence-electron chi connectivity index (χ3n) is 8.73. The zero-order valence-electron chi connectivity index (χ0n) is 21.6. The molecular formula is C25H31N9O6. The number of carbonyl (C=O) groups excluding carboxylic acids is 3. The molecule has 0 radical (unpaired) electrons. The van der Waals surface area contributed by atoms with Gasteiger partial charge in [-0.25, -0.2) is 14.8 Å². The molecule has 8 N–H and O–H groups in total. The molecule has 15 heteroatoms.